The van der Waals surface area contributed by atoms with Gasteiger partial charge < -0.3 is 14.0 Å². The first-order chi connectivity index (χ1) is 9.84. The molecule has 0 saturated carbocycles. The smallest absolute Gasteiger partial charge is 0.170 e. The number of ether oxygens (including phenoxy) is 2. The van der Waals surface area contributed by atoms with Crippen molar-refractivity contribution >= 4 is 26.8 Å². The number of para-hydroxylation sites is 1. The summed E-state index contributed by atoms with van der Waals surface area (Å²) >= 11 is 3.65. The lowest BCUT2D eigenvalue weighted by Crippen LogP contribution is -2.15. The second-order valence-corrected chi connectivity index (χ2v) is 5.52. The fraction of sp³-hybridized carbons (Fsp3) is 0.125. The molecule has 2 aromatic carbocycles. The van der Waals surface area contributed by atoms with Gasteiger partial charge in [-0.05, 0) is 34.1 Å². The van der Waals surface area contributed by atoms with Crippen LogP contribution in [-0.4, -0.2) is 17.8 Å². The Morgan fingerprint density at radius 3 is 2.65 bits per heavy atom. The molecule has 4 rings (SSSR count). The Labute approximate surface area is 124 Å². The molecule has 100 valence electrons. The van der Waals surface area contributed by atoms with E-state index in [1.165, 1.54) is 0 Å². The third kappa shape index (κ3) is 1.72. The van der Waals surface area contributed by atoms with Gasteiger partial charge >= 0.3 is 0 Å². The summed E-state index contributed by atoms with van der Waals surface area (Å²) in [5, 5.41) is 1.07. The molecule has 0 saturated heterocycles. The largest absolute Gasteiger partial charge is 0.486 e. The summed E-state index contributed by atoms with van der Waals surface area (Å²) in [6.07, 6.45) is 2.06. The highest BCUT2D eigenvalue weighted by Gasteiger charge is 2.20. The van der Waals surface area contributed by atoms with E-state index in [9.17, 15) is 0 Å². The maximum Gasteiger partial charge on any atom is 0.170 e. The van der Waals surface area contributed by atoms with Gasteiger partial charge in [0.2, 0.25) is 0 Å². The van der Waals surface area contributed by atoms with Gasteiger partial charge in [0.25, 0.3) is 0 Å². The van der Waals surface area contributed by atoms with Crippen LogP contribution in [0.4, 0.5) is 0 Å². The van der Waals surface area contributed by atoms with Crippen molar-refractivity contribution in [3.63, 3.8) is 0 Å². The first-order valence-electron chi connectivity index (χ1n) is 6.49. The molecular formula is C16H12BrNO2. The van der Waals surface area contributed by atoms with E-state index in [2.05, 4.69) is 44.9 Å². The number of benzene rings is 2. The number of hydrogen-bond acceptors (Lipinski definition) is 2. The van der Waals surface area contributed by atoms with Crippen LogP contribution in [0.1, 0.15) is 0 Å². The lowest BCUT2D eigenvalue weighted by Gasteiger charge is -2.20. The summed E-state index contributed by atoms with van der Waals surface area (Å²) in [7, 11) is 0. The third-order valence-corrected chi connectivity index (χ3v) is 4.06. The van der Waals surface area contributed by atoms with Crippen LogP contribution in [0.15, 0.2) is 53.1 Å². The standard InChI is InChI=1S/C16H12BrNO2/c17-13-10-14-16(20-9-8-19-14)12-6-7-18(15(12)13)11-4-2-1-3-5-11/h1-7,10H,8-9H2. The van der Waals surface area contributed by atoms with Crippen molar-refractivity contribution in [3.8, 4) is 17.2 Å². The monoisotopic (exact) mass is 329 g/mol. The van der Waals surface area contributed by atoms with Gasteiger partial charge in [-0.2, -0.15) is 0 Å². The van der Waals surface area contributed by atoms with Gasteiger partial charge in [0.05, 0.1) is 5.52 Å². The van der Waals surface area contributed by atoms with Gasteiger partial charge in [-0.3, -0.25) is 0 Å². The van der Waals surface area contributed by atoms with E-state index in [1.54, 1.807) is 0 Å². The van der Waals surface area contributed by atoms with Crippen LogP contribution in [0.5, 0.6) is 11.5 Å². The van der Waals surface area contributed by atoms with Crippen molar-refractivity contribution in [2.24, 2.45) is 0 Å². The normalized spacial score (nSPS) is 13.7. The molecule has 0 bridgehead atoms. The van der Waals surface area contributed by atoms with Crippen molar-refractivity contribution in [2.45, 2.75) is 0 Å². The molecule has 1 aliphatic heterocycles. The predicted octanol–water partition coefficient (Wildman–Crippen LogP) is 4.16. The Morgan fingerprint density at radius 1 is 1.00 bits per heavy atom. The van der Waals surface area contributed by atoms with Crippen molar-refractivity contribution in [3.05, 3.63) is 53.1 Å². The highest BCUT2D eigenvalue weighted by atomic mass is 79.9. The van der Waals surface area contributed by atoms with Crippen LogP contribution in [0, 0.1) is 0 Å². The summed E-state index contributed by atoms with van der Waals surface area (Å²) in [5.41, 5.74) is 2.22. The Bertz CT molecular complexity index is 780. The van der Waals surface area contributed by atoms with Gasteiger partial charge in [0.15, 0.2) is 11.5 Å². The van der Waals surface area contributed by atoms with Crippen LogP contribution in [0.2, 0.25) is 0 Å². The Balaban J connectivity index is 2.02. The van der Waals surface area contributed by atoms with E-state index in [0.717, 1.165) is 32.6 Å². The molecule has 0 aliphatic carbocycles. The molecule has 2 heterocycles. The van der Waals surface area contributed by atoms with Crippen molar-refractivity contribution < 1.29 is 9.47 Å². The molecule has 0 atom stereocenters. The molecule has 0 spiro atoms. The zero-order chi connectivity index (χ0) is 13.5. The van der Waals surface area contributed by atoms with Gasteiger partial charge in [-0.15, -0.1) is 0 Å². The number of hydrogen-bond donors (Lipinski definition) is 0. The van der Waals surface area contributed by atoms with E-state index in [0.29, 0.717) is 13.2 Å². The third-order valence-electron chi connectivity index (χ3n) is 3.46. The first-order valence-corrected chi connectivity index (χ1v) is 7.28. The molecule has 1 aromatic heterocycles. The quantitative estimate of drug-likeness (QED) is 0.669. The van der Waals surface area contributed by atoms with E-state index in [1.807, 2.05) is 24.3 Å². The highest BCUT2D eigenvalue weighted by Crippen LogP contribution is 2.42. The van der Waals surface area contributed by atoms with E-state index in [4.69, 9.17) is 9.47 Å². The molecule has 0 fully saturated rings. The van der Waals surface area contributed by atoms with Gasteiger partial charge in [0, 0.05) is 27.8 Å². The zero-order valence-electron chi connectivity index (χ0n) is 10.7. The van der Waals surface area contributed by atoms with Crippen LogP contribution in [0.3, 0.4) is 0 Å². The van der Waals surface area contributed by atoms with Crippen LogP contribution in [-0.2, 0) is 0 Å². The zero-order valence-corrected chi connectivity index (χ0v) is 12.3. The number of fused-ring (bicyclic) bond motifs is 3. The number of aromatic nitrogens is 1. The molecule has 0 unspecified atom stereocenters. The van der Waals surface area contributed by atoms with Crippen LogP contribution < -0.4 is 9.47 Å². The average Bonchev–Trinajstić information content (AvgIpc) is 2.94. The maximum atomic E-state index is 5.78. The molecule has 4 heteroatoms. The molecule has 0 radical (unpaired) electrons. The fourth-order valence-electron chi connectivity index (χ4n) is 2.60. The van der Waals surface area contributed by atoms with E-state index < -0.39 is 0 Å². The number of halogens is 1. The van der Waals surface area contributed by atoms with Crippen LogP contribution >= 0.6 is 15.9 Å². The molecule has 0 amide bonds. The molecule has 1 aliphatic rings. The van der Waals surface area contributed by atoms with Crippen molar-refractivity contribution in [1.29, 1.82) is 0 Å². The van der Waals surface area contributed by atoms with Crippen LogP contribution in [0.25, 0.3) is 16.6 Å². The van der Waals surface area contributed by atoms with Crippen molar-refractivity contribution in [2.75, 3.05) is 13.2 Å². The van der Waals surface area contributed by atoms with E-state index >= 15 is 0 Å². The van der Waals surface area contributed by atoms with Gasteiger partial charge in [-0.25, -0.2) is 0 Å². The fourth-order valence-corrected chi connectivity index (χ4v) is 3.21. The summed E-state index contributed by atoms with van der Waals surface area (Å²) < 4.78 is 14.6. The van der Waals surface area contributed by atoms with Gasteiger partial charge in [0.1, 0.15) is 13.2 Å². The van der Waals surface area contributed by atoms with E-state index in [-0.39, 0.29) is 0 Å². The predicted molar refractivity (Wildman–Crippen MR) is 82.0 cm³/mol. The summed E-state index contributed by atoms with van der Waals surface area (Å²) in [4.78, 5) is 0. The topological polar surface area (TPSA) is 23.4 Å². The summed E-state index contributed by atoms with van der Waals surface area (Å²) in [5.74, 6) is 1.64. The minimum absolute atomic E-state index is 0.597. The second kappa shape index (κ2) is 4.56. The van der Waals surface area contributed by atoms with Gasteiger partial charge in [-0.1, -0.05) is 18.2 Å². The minimum Gasteiger partial charge on any atom is -0.486 e. The first kappa shape index (κ1) is 11.9. The molecule has 3 aromatic rings. The molecule has 3 nitrogen and oxygen atoms in total. The highest BCUT2D eigenvalue weighted by molar-refractivity contribution is 9.10. The minimum atomic E-state index is 0.597. The molecule has 0 N–H and O–H groups in total. The lowest BCUT2D eigenvalue weighted by molar-refractivity contribution is 0.174. The number of rotatable bonds is 1. The lowest BCUT2D eigenvalue weighted by atomic mass is 10.2. The maximum absolute atomic E-state index is 5.78. The SMILES string of the molecule is Brc1cc2c(c3ccn(-c4ccccc4)c13)OCCO2. The molecular weight excluding hydrogens is 318 g/mol. The Hall–Kier alpha value is -1.94. The summed E-state index contributed by atoms with van der Waals surface area (Å²) in [6, 6.07) is 14.3. The Kier molecular flexibility index (Phi) is 2.70. The molecule has 20 heavy (non-hydrogen) atoms. The summed E-state index contributed by atoms with van der Waals surface area (Å²) in [6.45, 7) is 1.20. The second-order valence-electron chi connectivity index (χ2n) is 4.67. The Morgan fingerprint density at radius 2 is 1.80 bits per heavy atom. The van der Waals surface area contributed by atoms with Crippen molar-refractivity contribution in [1.82, 2.24) is 4.57 Å². The number of nitrogens with zero attached hydrogens (tertiary/aromatic N) is 1. The average molecular weight is 330 g/mol.